The van der Waals surface area contributed by atoms with Crippen molar-refractivity contribution in [3.05, 3.63) is 81.6 Å². The summed E-state index contributed by atoms with van der Waals surface area (Å²) in [5.41, 5.74) is 4.24. The first-order valence-corrected chi connectivity index (χ1v) is 7.59. The van der Waals surface area contributed by atoms with Crippen molar-refractivity contribution in [3.8, 4) is 0 Å². The number of hydrogen-bond acceptors (Lipinski definition) is 2. The monoisotopic (exact) mass is 292 g/mol. The lowest BCUT2D eigenvalue weighted by molar-refractivity contribution is 0.683. The smallest absolute Gasteiger partial charge is 0.252 e. The highest BCUT2D eigenvalue weighted by Crippen LogP contribution is 2.10. The summed E-state index contributed by atoms with van der Waals surface area (Å²) in [7, 11) is 0. The van der Waals surface area contributed by atoms with Crippen LogP contribution in [0.15, 0.2) is 59.4 Å². The lowest BCUT2D eigenvalue weighted by atomic mass is 10.1. The number of rotatable bonds is 5. The summed E-state index contributed by atoms with van der Waals surface area (Å²) in [4.78, 5) is 15.0. The molecule has 0 bridgehead atoms. The molecule has 0 spiro atoms. The summed E-state index contributed by atoms with van der Waals surface area (Å²) in [5, 5.41) is 4.42. The Morgan fingerprint density at radius 2 is 1.82 bits per heavy atom. The van der Waals surface area contributed by atoms with Gasteiger partial charge in [-0.15, -0.1) is 0 Å². The van der Waals surface area contributed by atoms with Crippen LogP contribution in [0.25, 0.3) is 10.9 Å². The SMILES string of the molecule is Cc1ccc(CCNCc2cc3ccccc3[nH]c2=O)cc1. The second kappa shape index (κ2) is 6.58. The third kappa shape index (κ3) is 3.43. The maximum atomic E-state index is 12.0. The van der Waals surface area contributed by atoms with Crippen molar-refractivity contribution >= 4 is 10.9 Å². The number of hydrogen-bond donors (Lipinski definition) is 2. The minimum atomic E-state index is -0.0125. The van der Waals surface area contributed by atoms with E-state index < -0.39 is 0 Å². The molecule has 3 nitrogen and oxygen atoms in total. The van der Waals surface area contributed by atoms with E-state index in [4.69, 9.17) is 0 Å². The van der Waals surface area contributed by atoms with Gasteiger partial charge in [0.2, 0.25) is 0 Å². The van der Waals surface area contributed by atoms with E-state index >= 15 is 0 Å². The topological polar surface area (TPSA) is 44.9 Å². The van der Waals surface area contributed by atoms with Gasteiger partial charge in [-0.2, -0.15) is 0 Å². The van der Waals surface area contributed by atoms with Gasteiger partial charge in [-0.25, -0.2) is 0 Å². The van der Waals surface area contributed by atoms with Crippen molar-refractivity contribution in [2.24, 2.45) is 0 Å². The number of fused-ring (bicyclic) bond motifs is 1. The molecule has 1 aromatic heterocycles. The van der Waals surface area contributed by atoms with Gasteiger partial charge in [-0.1, -0.05) is 48.0 Å². The van der Waals surface area contributed by atoms with Crippen LogP contribution < -0.4 is 10.9 Å². The van der Waals surface area contributed by atoms with Crippen molar-refractivity contribution in [2.45, 2.75) is 19.9 Å². The van der Waals surface area contributed by atoms with E-state index in [1.54, 1.807) is 0 Å². The Labute approximate surface area is 130 Å². The summed E-state index contributed by atoms with van der Waals surface area (Å²) in [6, 6.07) is 18.4. The van der Waals surface area contributed by atoms with Crippen LogP contribution in [0.2, 0.25) is 0 Å². The molecule has 0 aliphatic rings. The molecule has 0 aliphatic carbocycles. The maximum absolute atomic E-state index is 12.0. The highest BCUT2D eigenvalue weighted by molar-refractivity contribution is 5.78. The Morgan fingerprint density at radius 3 is 2.64 bits per heavy atom. The Kier molecular flexibility index (Phi) is 4.35. The third-order valence-electron chi connectivity index (χ3n) is 3.86. The number of nitrogens with one attached hydrogen (secondary N) is 2. The molecule has 2 aromatic carbocycles. The van der Waals surface area contributed by atoms with Crippen molar-refractivity contribution in [3.63, 3.8) is 0 Å². The molecule has 0 fully saturated rings. The standard InChI is InChI=1S/C19H20N2O/c1-14-6-8-15(9-7-14)10-11-20-13-17-12-16-4-2-3-5-18(16)21-19(17)22/h2-9,12,20H,10-11,13H2,1H3,(H,21,22). The Balaban J connectivity index is 1.60. The fourth-order valence-corrected chi connectivity index (χ4v) is 2.53. The molecule has 112 valence electrons. The van der Waals surface area contributed by atoms with Gasteiger partial charge in [0.25, 0.3) is 5.56 Å². The molecule has 2 N–H and O–H groups in total. The molecule has 3 rings (SSSR count). The molecule has 3 heteroatoms. The number of aryl methyl sites for hydroxylation is 1. The van der Waals surface area contributed by atoms with Crippen molar-refractivity contribution in [1.82, 2.24) is 10.3 Å². The number of benzene rings is 2. The van der Waals surface area contributed by atoms with Gasteiger partial charge in [0.1, 0.15) is 0 Å². The van der Waals surface area contributed by atoms with Crippen LogP contribution in [0.3, 0.4) is 0 Å². The maximum Gasteiger partial charge on any atom is 0.252 e. The second-order valence-electron chi connectivity index (χ2n) is 5.62. The number of aromatic nitrogens is 1. The highest BCUT2D eigenvalue weighted by atomic mass is 16.1. The molecule has 1 heterocycles. The van der Waals surface area contributed by atoms with Crippen LogP contribution in [0, 0.1) is 6.92 Å². The zero-order chi connectivity index (χ0) is 15.4. The van der Waals surface area contributed by atoms with E-state index in [0.717, 1.165) is 29.4 Å². The Bertz CT molecular complexity index is 819. The van der Waals surface area contributed by atoms with Gasteiger partial charge in [0.15, 0.2) is 0 Å². The second-order valence-corrected chi connectivity index (χ2v) is 5.62. The molecule has 0 atom stereocenters. The van der Waals surface area contributed by atoms with Crippen LogP contribution in [-0.2, 0) is 13.0 Å². The van der Waals surface area contributed by atoms with Crippen LogP contribution in [-0.4, -0.2) is 11.5 Å². The van der Waals surface area contributed by atoms with E-state index in [1.165, 1.54) is 11.1 Å². The first kappa shape index (κ1) is 14.5. The van der Waals surface area contributed by atoms with Gasteiger partial charge >= 0.3 is 0 Å². The van der Waals surface area contributed by atoms with E-state index in [2.05, 4.69) is 41.5 Å². The zero-order valence-electron chi connectivity index (χ0n) is 12.7. The van der Waals surface area contributed by atoms with E-state index in [9.17, 15) is 4.79 Å². The summed E-state index contributed by atoms with van der Waals surface area (Å²) in [6.45, 7) is 3.54. The average Bonchev–Trinajstić information content (AvgIpc) is 2.53. The van der Waals surface area contributed by atoms with Crippen LogP contribution in [0.1, 0.15) is 16.7 Å². The molecule has 0 amide bonds. The normalized spacial score (nSPS) is 11.0. The molecule has 0 saturated heterocycles. The first-order valence-electron chi connectivity index (χ1n) is 7.59. The third-order valence-corrected chi connectivity index (χ3v) is 3.86. The van der Waals surface area contributed by atoms with Gasteiger partial charge in [0, 0.05) is 17.6 Å². The minimum absolute atomic E-state index is 0.0125. The highest BCUT2D eigenvalue weighted by Gasteiger charge is 2.02. The van der Waals surface area contributed by atoms with Gasteiger partial charge in [-0.05, 0) is 43.0 Å². The molecule has 22 heavy (non-hydrogen) atoms. The zero-order valence-corrected chi connectivity index (χ0v) is 12.7. The molecule has 0 radical (unpaired) electrons. The molecule has 0 aliphatic heterocycles. The minimum Gasteiger partial charge on any atom is -0.322 e. The van der Waals surface area contributed by atoms with Gasteiger partial charge < -0.3 is 10.3 Å². The largest absolute Gasteiger partial charge is 0.322 e. The molecule has 0 unspecified atom stereocenters. The number of aromatic amines is 1. The van der Waals surface area contributed by atoms with E-state index in [1.807, 2.05) is 30.3 Å². The van der Waals surface area contributed by atoms with E-state index in [-0.39, 0.29) is 5.56 Å². The number of H-pyrrole nitrogens is 1. The summed E-state index contributed by atoms with van der Waals surface area (Å²) in [6.07, 6.45) is 0.964. The predicted molar refractivity (Wildman–Crippen MR) is 91.2 cm³/mol. The summed E-state index contributed by atoms with van der Waals surface area (Å²) < 4.78 is 0. The summed E-state index contributed by atoms with van der Waals surface area (Å²) >= 11 is 0. The van der Waals surface area contributed by atoms with Gasteiger partial charge in [0.05, 0.1) is 0 Å². The fourth-order valence-electron chi connectivity index (χ4n) is 2.53. The molecule has 3 aromatic rings. The first-order chi connectivity index (χ1) is 10.7. The van der Waals surface area contributed by atoms with E-state index in [0.29, 0.717) is 6.54 Å². The fraction of sp³-hybridized carbons (Fsp3) is 0.211. The predicted octanol–water partition coefficient (Wildman–Crippen LogP) is 3.17. The average molecular weight is 292 g/mol. The van der Waals surface area contributed by atoms with Crippen molar-refractivity contribution in [2.75, 3.05) is 6.54 Å². The van der Waals surface area contributed by atoms with Crippen molar-refractivity contribution < 1.29 is 0 Å². The lowest BCUT2D eigenvalue weighted by Gasteiger charge is -2.06. The number of pyridine rings is 1. The Hall–Kier alpha value is -2.39. The van der Waals surface area contributed by atoms with Crippen molar-refractivity contribution in [1.29, 1.82) is 0 Å². The molecule has 0 saturated carbocycles. The molecular formula is C19H20N2O. The van der Waals surface area contributed by atoms with Gasteiger partial charge in [-0.3, -0.25) is 4.79 Å². The lowest BCUT2D eigenvalue weighted by Crippen LogP contribution is -2.22. The number of para-hydroxylation sites is 1. The van der Waals surface area contributed by atoms with Crippen LogP contribution in [0.5, 0.6) is 0 Å². The Morgan fingerprint density at radius 1 is 1.05 bits per heavy atom. The quantitative estimate of drug-likeness (QED) is 0.709. The molecular weight excluding hydrogens is 272 g/mol. The van der Waals surface area contributed by atoms with Crippen LogP contribution >= 0.6 is 0 Å². The van der Waals surface area contributed by atoms with Crippen LogP contribution in [0.4, 0.5) is 0 Å². The summed E-state index contributed by atoms with van der Waals surface area (Å²) in [5.74, 6) is 0.